The lowest BCUT2D eigenvalue weighted by Crippen LogP contribution is -1.98. The van der Waals surface area contributed by atoms with Crippen LogP contribution in [0.1, 0.15) is 15.2 Å². The van der Waals surface area contributed by atoms with Crippen molar-refractivity contribution in [1.82, 2.24) is 4.98 Å². The Labute approximate surface area is 112 Å². The molecule has 0 amide bonds. The summed E-state index contributed by atoms with van der Waals surface area (Å²) in [7, 11) is 0. The van der Waals surface area contributed by atoms with Gasteiger partial charge in [0.25, 0.3) is 0 Å². The van der Waals surface area contributed by atoms with Crippen LogP contribution in [0.25, 0.3) is 0 Å². The number of thiazole rings is 1. The summed E-state index contributed by atoms with van der Waals surface area (Å²) in [5.74, 6) is 0.504. The van der Waals surface area contributed by atoms with Gasteiger partial charge in [0.05, 0.1) is 6.20 Å². The second kappa shape index (κ2) is 4.77. The highest BCUT2D eigenvalue weighted by molar-refractivity contribution is 7.17. The number of benzene rings is 1. The number of ether oxygens (including phenoxy) is 2. The Kier molecular flexibility index (Phi) is 2.96. The number of anilines is 1. The molecule has 3 rings (SSSR count). The maximum Gasteiger partial charge on any atom is 0.347 e. The van der Waals surface area contributed by atoms with Crippen LogP contribution in [0.2, 0.25) is 0 Å². The molecule has 0 radical (unpaired) electrons. The van der Waals surface area contributed by atoms with Gasteiger partial charge in [-0.15, -0.1) is 0 Å². The highest BCUT2D eigenvalue weighted by atomic mass is 32.1. The van der Waals surface area contributed by atoms with Gasteiger partial charge in [-0.05, 0) is 17.7 Å². The van der Waals surface area contributed by atoms with Crippen LogP contribution in [0.4, 0.5) is 5.13 Å². The molecule has 2 N–H and O–H groups in total. The number of nitrogens with zero attached hydrogens (tertiary/aromatic N) is 1. The second-order valence-electron chi connectivity index (χ2n) is 3.88. The summed E-state index contributed by atoms with van der Waals surface area (Å²) in [5, 5.41) is 12.5. The molecule has 0 bridgehead atoms. The van der Waals surface area contributed by atoms with E-state index in [2.05, 4.69) is 10.3 Å². The Morgan fingerprint density at radius 3 is 3.05 bits per heavy atom. The number of aromatic nitrogens is 1. The van der Waals surface area contributed by atoms with Crippen molar-refractivity contribution < 1.29 is 19.4 Å². The summed E-state index contributed by atoms with van der Waals surface area (Å²) < 4.78 is 10.5. The standard InChI is InChI=1S/C12H10N2O4S/c15-11(16)10-5-14-12(19-10)13-4-7-1-2-8-9(3-7)18-6-17-8/h1-3,5H,4,6H2,(H,13,14)(H,15,16). The van der Waals surface area contributed by atoms with E-state index in [0.717, 1.165) is 28.4 Å². The molecule has 0 unspecified atom stereocenters. The molecule has 2 heterocycles. The fourth-order valence-electron chi connectivity index (χ4n) is 1.68. The number of fused-ring (bicyclic) bond motifs is 1. The minimum Gasteiger partial charge on any atom is -0.477 e. The van der Waals surface area contributed by atoms with Gasteiger partial charge >= 0.3 is 5.97 Å². The second-order valence-corrected chi connectivity index (χ2v) is 4.91. The van der Waals surface area contributed by atoms with E-state index in [1.165, 1.54) is 6.20 Å². The number of aromatic carboxylic acids is 1. The molecule has 98 valence electrons. The lowest BCUT2D eigenvalue weighted by atomic mass is 10.2. The Morgan fingerprint density at radius 1 is 1.42 bits per heavy atom. The summed E-state index contributed by atoms with van der Waals surface area (Å²) in [6, 6.07) is 5.66. The minimum absolute atomic E-state index is 0.216. The van der Waals surface area contributed by atoms with Gasteiger partial charge in [-0.1, -0.05) is 17.4 Å². The fourth-order valence-corrected chi connectivity index (χ4v) is 2.33. The molecular formula is C12H10N2O4S. The van der Waals surface area contributed by atoms with Gasteiger partial charge in [0.1, 0.15) is 4.88 Å². The van der Waals surface area contributed by atoms with Crippen LogP contribution in [-0.2, 0) is 6.54 Å². The van der Waals surface area contributed by atoms with Crippen LogP contribution in [0.15, 0.2) is 24.4 Å². The molecule has 0 fully saturated rings. The lowest BCUT2D eigenvalue weighted by Gasteiger charge is -2.04. The monoisotopic (exact) mass is 278 g/mol. The number of hydrogen-bond donors (Lipinski definition) is 2. The average Bonchev–Trinajstić information content (AvgIpc) is 3.04. The van der Waals surface area contributed by atoms with E-state index < -0.39 is 5.97 Å². The van der Waals surface area contributed by atoms with Crippen molar-refractivity contribution in [3.05, 3.63) is 34.8 Å². The highest BCUT2D eigenvalue weighted by Crippen LogP contribution is 2.32. The molecule has 6 nitrogen and oxygen atoms in total. The zero-order valence-corrected chi connectivity index (χ0v) is 10.6. The Balaban J connectivity index is 1.67. The zero-order chi connectivity index (χ0) is 13.2. The quantitative estimate of drug-likeness (QED) is 0.892. The van der Waals surface area contributed by atoms with Crippen molar-refractivity contribution in [2.75, 3.05) is 12.1 Å². The van der Waals surface area contributed by atoms with Gasteiger partial charge in [0.15, 0.2) is 16.6 Å². The third-order valence-corrected chi connectivity index (χ3v) is 3.54. The number of carboxylic acid groups (broad SMARTS) is 1. The third-order valence-electron chi connectivity index (χ3n) is 2.60. The molecule has 1 aromatic heterocycles. The zero-order valence-electron chi connectivity index (χ0n) is 9.75. The summed E-state index contributed by atoms with van der Waals surface area (Å²) in [4.78, 5) is 14.9. The van der Waals surface area contributed by atoms with Gasteiger partial charge in [-0.3, -0.25) is 0 Å². The van der Waals surface area contributed by atoms with Crippen LogP contribution in [0, 0.1) is 0 Å². The molecule has 0 saturated heterocycles. The topological polar surface area (TPSA) is 80.7 Å². The summed E-state index contributed by atoms with van der Waals surface area (Å²) in [6.45, 7) is 0.796. The lowest BCUT2D eigenvalue weighted by molar-refractivity contribution is 0.0702. The molecule has 0 saturated carbocycles. The summed E-state index contributed by atoms with van der Waals surface area (Å²) >= 11 is 1.11. The molecule has 1 aliphatic heterocycles. The van der Waals surface area contributed by atoms with Crippen molar-refractivity contribution in [3.63, 3.8) is 0 Å². The van der Waals surface area contributed by atoms with Crippen LogP contribution >= 0.6 is 11.3 Å². The molecule has 19 heavy (non-hydrogen) atoms. The van der Waals surface area contributed by atoms with Crippen molar-refractivity contribution in [2.45, 2.75) is 6.54 Å². The number of carboxylic acids is 1. The van der Waals surface area contributed by atoms with Gasteiger partial charge in [0.2, 0.25) is 6.79 Å². The van der Waals surface area contributed by atoms with Crippen LogP contribution in [-0.4, -0.2) is 22.9 Å². The predicted octanol–water partition coefficient (Wildman–Crippen LogP) is 2.18. The number of hydrogen-bond acceptors (Lipinski definition) is 6. The number of nitrogens with one attached hydrogen (secondary N) is 1. The molecular weight excluding hydrogens is 268 g/mol. The van der Waals surface area contributed by atoms with Gasteiger partial charge in [-0.25, -0.2) is 9.78 Å². The van der Waals surface area contributed by atoms with Crippen LogP contribution in [0.3, 0.4) is 0 Å². The largest absolute Gasteiger partial charge is 0.477 e. The Morgan fingerprint density at radius 2 is 2.26 bits per heavy atom. The molecule has 2 aromatic rings. The smallest absolute Gasteiger partial charge is 0.347 e. The van der Waals surface area contributed by atoms with E-state index in [4.69, 9.17) is 14.6 Å². The van der Waals surface area contributed by atoms with Crippen molar-refractivity contribution in [1.29, 1.82) is 0 Å². The summed E-state index contributed by atoms with van der Waals surface area (Å²) in [6.07, 6.45) is 1.34. The molecule has 7 heteroatoms. The van der Waals surface area contributed by atoms with E-state index in [1.54, 1.807) is 0 Å². The number of rotatable bonds is 4. The molecule has 0 spiro atoms. The Hall–Kier alpha value is -2.28. The average molecular weight is 278 g/mol. The molecule has 1 aromatic carbocycles. The van der Waals surface area contributed by atoms with E-state index in [-0.39, 0.29) is 11.7 Å². The SMILES string of the molecule is O=C(O)c1cnc(NCc2ccc3c(c2)OCO3)s1. The number of carbonyl (C=O) groups is 1. The van der Waals surface area contributed by atoms with Crippen molar-refractivity contribution >= 4 is 22.4 Å². The molecule has 1 aliphatic rings. The van der Waals surface area contributed by atoms with Gasteiger partial charge in [-0.2, -0.15) is 0 Å². The van der Waals surface area contributed by atoms with E-state index in [9.17, 15) is 4.79 Å². The molecule has 0 aliphatic carbocycles. The van der Waals surface area contributed by atoms with Crippen molar-refractivity contribution in [2.24, 2.45) is 0 Å². The Bertz CT molecular complexity index is 626. The first-order valence-corrected chi connectivity index (χ1v) is 6.35. The summed E-state index contributed by atoms with van der Waals surface area (Å²) in [5.41, 5.74) is 1.01. The van der Waals surface area contributed by atoms with Gasteiger partial charge < -0.3 is 19.9 Å². The first-order chi connectivity index (χ1) is 9.22. The first-order valence-electron chi connectivity index (χ1n) is 5.54. The van der Waals surface area contributed by atoms with E-state index >= 15 is 0 Å². The maximum absolute atomic E-state index is 10.7. The first kappa shape index (κ1) is 11.8. The van der Waals surface area contributed by atoms with E-state index in [1.807, 2.05) is 18.2 Å². The maximum atomic E-state index is 10.7. The predicted molar refractivity (Wildman–Crippen MR) is 69.0 cm³/mol. The van der Waals surface area contributed by atoms with Crippen LogP contribution in [0.5, 0.6) is 11.5 Å². The fraction of sp³-hybridized carbons (Fsp3) is 0.167. The third kappa shape index (κ3) is 2.45. The minimum atomic E-state index is -0.964. The van der Waals surface area contributed by atoms with Crippen molar-refractivity contribution in [3.8, 4) is 11.5 Å². The highest BCUT2D eigenvalue weighted by Gasteiger charge is 2.13. The van der Waals surface area contributed by atoms with Gasteiger partial charge in [0, 0.05) is 6.54 Å². The van der Waals surface area contributed by atoms with Crippen LogP contribution < -0.4 is 14.8 Å². The normalized spacial score (nSPS) is 12.4. The molecule has 0 atom stereocenters. The van der Waals surface area contributed by atoms with E-state index in [0.29, 0.717) is 11.7 Å².